The molecule has 3 heteroatoms. The number of nitrogens with zero attached hydrogens (tertiary/aromatic N) is 1. The molecule has 1 aromatic carbocycles. The van der Waals surface area contributed by atoms with Crippen molar-refractivity contribution in [3.63, 3.8) is 0 Å². The lowest BCUT2D eigenvalue weighted by Crippen LogP contribution is -2.37. The molecule has 104 valence electrons. The largest absolute Gasteiger partial charge is 0.291 e. The summed E-state index contributed by atoms with van der Waals surface area (Å²) in [6.07, 6.45) is 4.92. The number of benzene rings is 1. The Labute approximate surface area is 126 Å². The second-order valence-corrected chi connectivity index (χ2v) is 7.32. The quantitative estimate of drug-likeness (QED) is 0.567. The van der Waals surface area contributed by atoms with Crippen LogP contribution in [0.4, 0.5) is 0 Å². The number of hydrogen-bond donors (Lipinski definition) is 0. The van der Waals surface area contributed by atoms with Gasteiger partial charge in [0.05, 0.1) is 0 Å². The molecule has 2 rings (SSSR count). The number of carbonyl (C=O) groups excluding carboxylic acids is 1. The van der Waals surface area contributed by atoms with Crippen molar-refractivity contribution < 1.29 is 4.79 Å². The second kappa shape index (κ2) is 6.16. The molecule has 19 heavy (non-hydrogen) atoms. The highest BCUT2D eigenvalue weighted by Crippen LogP contribution is 2.46. The first kappa shape index (κ1) is 14.7. The minimum Gasteiger partial charge on any atom is -0.291 e. The van der Waals surface area contributed by atoms with Gasteiger partial charge in [-0.05, 0) is 62.7 Å². The Bertz CT molecular complexity index is 462. The monoisotopic (exact) mass is 371 g/mol. The molecular weight excluding hydrogens is 349 g/mol. The Balaban J connectivity index is 2.08. The SMILES string of the molecule is C=IN(CCC1(c2ccc(C)cc2)CCC1)C(C)=O. The van der Waals surface area contributed by atoms with Gasteiger partial charge in [-0.3, -0.25) is 7.91 Å². The highest BCUT2D eigenvalue weighted by atomic mass is 127. The van der Waals surface area contributed by atoms with Gasteiger partial charge < -0.3 is 0 Å². The van der Waals surface area contributed by atoms with Crippen LogP contribution in [0.2, 0.25) is 0 Å². The maximum Gasteiger partial charge on any atom is 0.227 e. The zero-order valence-corrected chi connectivity index (χ0v) is 13.9. The summed E-state index contributed by atoms with van der Waals surface area (Å²) in [6, 6.07) is 8.94. The van der Waals surface area contributed by atoms with Gasteiger partial charge in [-0.15, -0.1) is 0 Å². The summed E-state index contributed by atoms with van der Waals surface area (Å²) < 4.78 is 5.90. The lowest BCUT2D eigenvalue weighted by atomic mass is 9.62. The predicted molar refractivity (Wildman–Crippen MR) is 89.9 cm³/mol. The average molecular weight is 371 g/mol. The van der Waals surface area contributed by atoms with Crippen molar-refractivity contribution >= 4 is 31.4 Å². The van der Waals surface area contributed by atoms with Crippen molar-refractivity contribution in [2.75, 3.05) is 6.54 Å². The third-order valence-electron chi connectivity index (χ3n) is 4.25. The first-order valence-corrected chi connectivity index (χ1v) is 9.30. The van der Waals surface area contributed by atoms with Crippen LogP contribution in [-0.2, 0) is 10.2 Å². The van der Waals surface area contributed by atoms with Gasteiger partial charge >= 0.3 is 0 Å². The molecule has 0 radical (unpaired) electrons. The van der Waals surface area contributed by atoms with Crippen molar-refractivity contribution in [2.45, 2.75) is 44.9 Å². The van der Waals surface area contributed by atoms with Gasteiger partial charge in [-0.2, -0.15) is 0 Å². The maximum atomic E-state index is 11.5. The summed E-state index contributed by atoms with van der Waals surface area (Å²) in [6.45, 7) is 4.66. The smallest absolute Gasteiger partial charge is 0.227 e. The van der Waals surface area contributed by atoms with Crippen LogP contribution in [0.3, 0.4) is 0 Å². The normalized spacial score (nSPS) is 16.7. The van der Waals surface area contributed by atoms with Crippen LogP contribution in [0.1, 0.15) is 43.7 Å². The van der Waals surface area contributed by atoms with E-state index in [4.69, 9.17) is 0 Å². The van der Waals surface area contributed by atoms with Crippen LogP contribution in [0.5, 0.6) is 0 Å². The van der Waals surface area contributed by atoms with Crippen LogP contribution in [0.15, 0.2) is 24.3 Å². The summed E-state index contributed by atoms with van der Waals surface area (Å²) in [5.74, 6) is 0.182. The highest BCUT2D eigenvalue weighted by molar-refractivity contribution is 14.2. The molecule has 2 nitrogen and oxygen atoms in total. The van der Waals surface area contributed by atoms with Gasteiger partial charge in [0.15, 0.2) is 0 Å². The van der Waals surface area contributed by atoms with E-state index < -0.39 is 0 Å². The molecule has 0 atom stereocenters. The Morgan fingerprint density at radius 3 is 2.42 bits per heavy atom. The predicted octanol–water partition coefficient (Wildman–Crippen LogP) is 3.97. The highest BCUT2D eigenvalue weighted by Gasteiger charge is 2.38. The minimum absolute atomic E-state index is 0.182. The van der Waals surface area contributed by atoms with E-state index in [2.05, 4.69) is 35.7 Å². The molecule has 1 aliphatic rings. The van der Waals surface area contributed by atoms with Crippen LogP contribution < -0.4 is 0 Å². The molecule has 1 aliphatic carbocycles. The van der Waals surface area contributed by atoms with Gasteiger partial charge in [0, 0.05) is 13.5 Å². The molecule has 0 aliphatic heterocycles. The topological polar surface area (TPSA) is 20.3 Å². The Morgan fingerprint density at radius 1 is 1.37 bits per heavy atom. The van der Waals surface area contributed by atoms with E-state index in [-0.39, 0.29) is 26.9 Å². The molecule has 0 bridgehead atoms. The number of carbonyl (C=O) groups is 1. The zero-order valence-electron chi connectivity index (χ0n) is 11.8. The molecule has 0 N–H and O–H groups in total. The lowest BCUT2D eigenvalue weighted by molar-refractivity contribution is -0.123. The number of rotatable bonds is 5. The molecule has 1 aromatic rings. The van der Waals surface area contributed by atoms with E-state index in [1.54, 1.807) is 6.92 Å². The molecule has 0 heterocycles. The van der Waals surface area contributed by atoms with Crippen LogP contribution >= 0.6 is 21.0 Å². The Hall–Kier alpha value is -0.710. The van der Waals surface area contributed by atoms with E-state index in [0.29, 0.717) is 5.41 Å². The summed E-state index contributed by atoms with van der Waals surface area (Å²) in [7, 11) is 0. The third-order valence-corrected chi connectivity index (χ3v) is 6.23. The van der Waals surface area contributed by atoms with Gasteiger partial charge in [0.25, 0.3) is 0 Å². The molecule has 0 saturated heterocycles. The minimum atomic E-state index is -0.376. The summed E-state index contributed by atoms with van der Waals surface area (Å²) in [5.41, 5.74) is 3.09. The van der Waals surface area contributed by atoms with Crippen LogP contribution in [-0.4, -0.2) is 20.1 Å². The lowest BCUT2D eigenvalue weighted by Gasteiger charge is -2.43. The molecule has 1 fully saturated rings. The number of hydrogen-bond acceptors (Lipinski definition) is 1. The Morgan fingerprint density at radius 2 is 2.00 bits per heavy atom. The third kappa shape index (κ3) is 3.25. The van der Waals surface area contributed by atoms with Crippen molar-refractivity contribution in [3.8, 4) is 0 Å². The fourth-order valence-electron chi connectivity index (χ4n) is 2.81. The van der Waals surface area contributed by atoms with E-state index in [1.165, 1.54) is 30.4 Å². The van der Waals surface area contributed by atoms with Gasteiger partial charge in [-0.1, -0.05) is 36.2 Å². The van der Waals surface area contributed by atoms with E-state index in [9.17, 15) is 4.79 Å². The van der Waals surface area contributed by atoms with Crippen molar-refractivity contribution in [1.29, 1.82) is 0 Å². The first-order valence-electron chi connectivity index (χ1n) is 6.81. The van der Waals surface area contributed by atoms with E-state index in [0.717, 1.165) is 13.0 Å². The number of amides is 1. The zero-order chi connectivity index (χ0) is 13.9. The Kier molecular flexibility index (Phi) is 4.76. The van der Waals surface area contributed by atoms with Crippen molar-refractivity contribution in [1.82, 2.24) is 3.11 Å². The summed E-state index contributed by atoms with van der Waals surface area (Å²) >= 11 is -0.376. The van der Waals surface area contributed by atoms with Crippen molar-refractivity contribution in [3.05, 3.63) is 35.4 Å². The standard InChI is InChI=1S/C16H22INO/c1-13-5-7-15(8-6-13)16(9-4-10-16)11-12-18(17-3)14(2)19/h5-8H,3-4,9-12H2,1-2H3. The summed E-state index contributed by atoms with van der Waals surface area (Å²) in [4.78, 5) is 11.5. The van der Waals surface area contributed by atoms with E-state index in [1.807, 2.05) is 3.11 Å². The number of aryl methyl sites for hydroxylation is 1. The molecule has 0 spiro atoms. The fourth-order valence-corrected chi connectivity index (χ4v) is 3.87. The summed E-state index contributed by atoms with van der Waals surface area (Å²) in [5, 5.41) is 0. The second-order valence-electron chi connectivity index (χ2n) is 5.47. The molecular formula is C16H22INO. The van der Waals surface area contributed by atoms with Crippen LogP contribution in [0.25, 0.3) is 0 Å². The molecule has 1 amide bonds. The van der Waals surface area contributed by atoms with Crippen molar-refractivity contribution in [2.24, 2.45) is 0 Å². The molecule has 1 saturated carbocycles. The van der Waals surface area contributed by atoms with E-state index >= 15 is 0 Å². The number of halogens is 1. The van der Waals surface area contributed by atoms with Gasteiger partial charge in [0.1, 0.15) is 0 Å². The van der Waals surface area contributed by atoms with Crippen LogP contribution in [0, 0.1) is 6.92 Å². The van der Waals surface area contributed by atoms with Gasteiger partial charge in [0.2, 0.25) is 5.91 Å². The van der Waals surface area contributed by atoms with Gasteiger partial charge in [-0.25, -0.2) is 0 Å². The first-order chi connectivity index (χ1) is 9.07. The average Bonchev–Trinajstić information content (AvgIpc) is 2.34. The molecule has 0 aromatic heterocycles. The molecule has 0 unspecified atom stereocenters. The fraction of sp³-hybridized carbons (Fsp3) is 0.500. The maximum absolute atomic E-state index is 11.5.